The summed E-state index contributed by atoms with van der Waals surface area (Å²) in [6.07, 6.45) is 3.00. The van der Waals surface area contributed by atoms with Crippen molar-refractivity contribution in [1.29, 1.82) is 5.41 Å². The Bertz CT molecular complexity index is 1140. The Hall–Kier alpha value is -3.31. The van der Waals surface area contributed by atoms with Gasteiger partial charge in [-0.1, -0.05) is 24.9 Å². The molecule has 3 rings (SSSR count). The van der Waals surface area contributed by atoms with E-state index in [9.17, 15) is 13.6 Å². The second kappa shape index (κ2) is 12.8. The predicted molar refractivity (Wildman–Crippen MR) is 143 cm³/mol. The highest BCUT2D eigenvalue weighted by atomic mass is 32.2. The van der Waals surface area contributed by atoms with Crippen molar-refractivity contribution in [2.45, 2.75) is 32.4 Å². The molecular weight excluding hydrogens is 500 g/mol. The molecule has 8 nitrogen and oxygen atoms in total. The van der Waals surface area contributed by atoms with Crippen LogP contribution in [0.5, 0.6) is 5.75 Å². The molecule has 0 unspecified atom stereocenters. The van der Waals surface area contributed by atoms with Gasteiger partial charge in [-0.3, -0.25) is 4.79 Å². The van der Waals surface area contributed by atoms with Crippen LogP contribution in [0.3, 0.4) is 0 Å². The first-order valence-electron chi connectivity index (χ1n) is 11.8. The second-order valence-electron chi connectivity index (χ2n) is 9.09. The van der Waals surface area contributed by atoms with E-state index in [1.54, 1.807) is 12.0 Å². The number of hydrogen-bond donors (Lipinski definition) is 4. The number of nitrogens with one attached hydrogen (secondary N) is 3. The van der Waals surface area contributed by atoms with E-state index in [-0.39, 0.29) is 22.6 Å². The number of rotatable bonds is 14. The highest BCUT2D eigenvalue weighted by Gasteiger charge is 2.39. The van der Waals surface area contributed by atoms with Crippen LogP contribution in [0.1, 0.15) is 32.3 Å². The van der Waals surface area contributed by atoms with Crippen molar-refractivity contribution in [3.63, 3.8) is 0 Å². The van der Waals surface area contributed by atoms with E-state index in [1.807, 2.05) is 25.1 Å². The van der Waals surface area contributed by atoms with Crippen LogP contribution in [0.4, 0.5) is 20.2 Å². The van der Waals surface area contributed by atoms with Crippen LogP contribution in [0, 0.1) is 22.5 Å². The molecule has 0 bridgehead atoms. The Morgan fingerprint density at radius 2 is 1.95 bits per heavy atom. The number of halogens is 2. The van der Waals surface area contributed by atoms with Gasteiger partial charge in [0, 0.05) is 35.7 Å². The number of nitrogens with zero attached hydrogens (tertiary/aromatic N) is 1. The van der Waals surface area contributed by atoms with E-state index in [4.69, 9.17) is 20.6 Å². The second-order valence-corrected chi connectivity index (χ2v) is 9.96. The van der Waals surface area contributed by atoms with Crippen LogP contribution < -0.4 is 20.5 Å². The van der Waals surface area contributed by atoms with Crippen LogP contribution in [-0.4, -0.2) is 44.0 Å². The van der Waals surface area contributed by atoms with Crippen molar-refractivity contribution in [3.8, 4) is 5.75 Å². The number of benzene rings is 2. The molecule has 200 valence electrons. The summed E-state index contributed by atoms with van der Waals surface area (Å²) in [7, 11) is 1.56. The predicted octanol–water partition coefficient (Wildman–Crippen LogP) is 4.89. The molecule has 1 aliphatic rings. The maximum absolute atomic E-state index is 13.7. The molecule has 2 aromatic carbocycles. The third kappa shape index (κ3) is 8.09. The number of carbonyl (C=O) groups excluding carboxylic acids is 1. The number of anilines is 2. The lowest BCUT2D eigenvalue weighted by Gasteiger charge is -2.26. The largest absolute Gasteiger partial charge is 0.495 e. The quantitative estimate of drug-likeness (QED) is 0.0520. The summed E-state index contributed by atoms with van der Waals surface area (Å²) >= 11 is 1.44. The highest BCUT2D eigenvalue weighted by Crippen LogP contribution is 2.45. The zero-order chi connectivity index (χ0) is 27.0. The molecule has 0 atom stereocenters. The number of methoxy groups -OCH3 is 1. The van der Waals surface area contributed by atoms with Crippen LogP contribution in [0.2, 0.25) is 0 Å². The van der Waals surface area contributed by atoms with Gasteiger partial charge in [0.05, 0.1) is 26.1 Å². The molecule has 0 heterocycles. The molecular formula is C26H33F2N5O3S. The van der Waals surface area contributed by atoms with E-state index in [0.29, 0.717) is 37.0 Å². The highest BCUT2D eigenvalue weighted by molar-refractivity contribution is 7.96. The van der Waals surface area contributed by atoms with Gasteiger partial charge in [-0.15, -0.1) is 0 Å². The average Bonchev–Trinajstić information content (AvgIpc) is 3.59. The van der Waals surface area contributed by atoms with Crippen LogP contribution in [-0.2, 0) is 15.3 Å². The van der Waals surface area contributed by atoms with Gasteiger partial charge in [-0.2, -0.15) is 0 Å². The summed E-state index contributed by atoms with van der Waals surface area (Å²) in [5.41, 5.74) is 7.71. The number of amides is 1. The van der Waals surface area contributed by atoms with E-state index in [2.05, 4.69) is 17.0 Å². The first kappa shape index (κ1) is 28.3. The van der Waals surface area contributed by atoms with Gasteiger partial charge in [-0.25, -0.2) is 13.5 Å². The van der Waals surface area contributed by atoms with Crippen molar-refractivity contribution in [2.75, 3.05) is 38.0 Å². The molecule has 2 aromatic rings. The third-order valence-electron chi connectivity index (χ3n) is 5.98. The molecule has 0 saturated heterocycles. The van der Waals surface area contributed by atoms with Gasteiger partial charge in [-0.05, 0) is 49.6 Å². The summed E-state index contributed by atoms with van der Waals surface area (Å²) in [4.78, 5) is 15.0. The van der Waals surface area contributed by atoms with E-state index in [1.165, 1.54) is 11.9 Å². The molecule has 0 aliphatic heterocycles. The lowest BCUT2D eigenvalue weighted by Crippen LogP contribution is -2.34. The summed E-state index contributed by atoms with van der Waals surface area (Å²) in [5.74, 6) is -1.14. The summed E-state index contributed by atoms with van der Waals surface area (Å²) in [6, 6.07) is 8.35. The Labute approximate surface area is 220 Å². The topological polar surface area (TPSA) is 113 Å². The van der Waals surface area contributed by atoms with Gasteiger partial charge in [0.1, 0.15) is 23.1 Å². The fourth-order valence-corrected chi connectivity index (χ4v) is 4.17. The van der Waals surface area contributed by atoms with Gasteiger partial charge < -0.3 is 30.8 Å². The van der Waals surface area contributed by atoms with Gasteiger partial charge in [0.2, 0.25) is 5.76 Å². The number of hydrogen-bond acceptors (Lipinski definition) is 8. The van der Waals surface area contributed by atoms with Crippen LogP contribution >= 0.6 is 11.9 Å². The van der Waals surface area contributed by atoms with Crippen molar-refractivity contribution < 1.29 is 23.0 Å². The zero-order valence-corrected chi connectivity index (χ0v) is 22.0. The zero-order valence-electron chi connectivity index (χ0n) is 21.2. The monoisotopic (exact) mass is 533 g/mol. The number of allylic oxidation sites excluding steroid dienone is 1. The van der Waals surface area contributed by atoms with Crippen LogP contribution in [0.25, 0.3) is 0 Å². The fraction of sp³-hybridized carbons (Fsp3) is 0.385. The molecule has 0 radical (unpaired) electrons. The Balaban J connectivity index is 1.73. The van der Waals surface area contributed by atoms with Crippen molar-refractivity contribution in [1.82, 2.24) is 9.62 Å². The van der Waals surface area contributed by atoms with E-state index >= 15 is 0 Å². The number of carbonyl (C=O) groups is 1. The fourth-order valence-electron chi connectivity index (χ4n) is 3.47. The summed E-state index contributed by atoms with van der Waals surface area (Å²) in [6.45, 7) is 5.02. The van der Waals surface area contributed by atoms with Crippen LogP contribution in [0.15, 0.2) is 47.9 Å². The normalized spacial score (nSPS) is 14.4. The number of nitrogens with two attached hydrogens (primary N) is 1. The van der Waals surface area contributed by atoms with Gasteiger partial charge in [0.25, 0.3) is 5.91 Å². The first-order chi connectivity index (χ1) is 17.7. The molecule has 37 heavy (non-hydrogen) atoms. The molecule has 5 N–H and O–H groups in total. The molecule has 0 spiro atoms. The minimum atomic E-state index is -0.811. The summed E-state index contributed by atoms with van der Waals surface area (Å²) in [5, 5.41) is 10.5. The molecule has 1 aliphatic carbocycles. The third-order valence-corrected chi connectivity index (χ3v) is 6.79. The molecule has 1 fully saturated rings. The minimum absolute atomic E-state index is 0.0328. The minimum Gasteiger partial charge on any atom is -0.495 e. The maximum atomic E-state index is 13.7. The Morgan fingerprint density at radius 1 is 1.24 bits per heavy atom. The van der Waals surface area contributed by atoms with Crippen molar-refractivity contribution >= 4 is 35.4 Å². The summed E-state index contributed by atoms with van der Waals surface area (Å²) < 4.78 is 41.7. The Kier molecular flexibility index (Phi) is 9.76. The molecule has 11 heteroatoms. The standard InChI is InChI=1S/C26H33F2N5O3S/c1-4-33(16-31-37-14-17-5-6-23(35-3)21(30)9-17)22(13-29)24(36-15-26(2)7-8-26)25(34)32-20-11-18(27)10-19(28)12-20/h5-6,9-13,29,31H,4,7-8,14-16,30H2,1-3H3,(H,32,34)/b24-22-,29-13?. The number of nitrogen functional groups attached to an aromatic ring is 1. The van der Waals surface area contributed by atoms with E-state index in [0.717, 1.165) is 42.8 Å². The molecule has 1 saturated carbocycles. The van der Waals surface area contributed by atoms with E-state index < -0.39 is 17.5 Å². The lowest BCUT2D eigenvalue weighted by atomic mass is 10.2. The SMILES string of the molecule is CCN(CNSCc1ccc(OC)c(N)c1)/C(C=N)=C(\OCC1(C)CC1)C(=O)Nc1cc(F)cc(F)c1. The number of ether oxygens (including phenoxy) is 2. The lowest BCUT2D eigenvalue weighted by molar-refractivity contribution is -0.116. The van der Waals surface area contributed by atoms with Gasteiger partial charge in [0.15, 0.2) is 0 Å². The average molecular weight is 534 g/mol. The Morgan fingerprint density at radius 3 is 2.51 bits per heavy atom. The molecule has 0 aromatic heterocycles. The van der Waals surface area contributed by atoms with Crippen molar-refractivity contribution in [3.05, 3.63) is 65.1 Å². The first-order valence-corrected chi connectivity index (χ1v) is 12.8. The van der Waals surface area contributed by atoms with Gasteiger partial charge >= 0.3 is 0 Å². The maximum Gasteiger partial charge on any atom is 0.293 e. The smallest absolute Gasteiger partial charge is 0.293 e. The van der Waals surface area contributed by atoms with Crippen molar-refractivity contribution in [2.24, 2.45) is 5.41 Å². The molecule has 1 amide bonds.